The van der Waals surface area contributed by atoms with Crippen molar-refractivity contribution in [3.05, 3.63) is 60.0 Å². The zero-order valence-corrected chi connectivity index (χ0v) is 14.5. The lowest BCUT2D eigenvalue weighted by molar-refractivity contribution is 0.0370. The van der Waals surface area contributed by atoms with Crippen molar-refractivity contribution in [3.8, 4) is 10.6 Å². The second kappa shape index (κ2) is 6.34. The summed E-state index contributed by atoms with van der Waals surface area (Å²) >= 11 is 1.62. The quantitative estimate of drug-likeness (QED) is 0.699. The Kier molecular flexibility index (Phi) is 4.04. The molecule has 0 bridgehead atoms. The summed E-state index contributed by atoms with van der Waals surface area (Å²) in [5.74, 6) is 0. The third-order valence-electron chi connectivity index (χ3n) is 4.04. The monoisotopic (exact) mass is 337 g/mol. The molecule has 1 atom stereocenters. The molecule has 5 heteroatoms. The van der Waals surface area contributed by atoms with E-state index in [9.17, 15) is 0 Å². The van der Waals surface area contributed by atoms with E-state index in [0.29, 0.717) is 0 Å². The van der Waals surface area contributed by atoms with E-state index >= 15 is 0 Å². The Labute approximate surface area is 145 Å². The molecule has 0 N–H and O–H groups in total. The van der Waals surface area contributed by atoms with Crippen LogP contribution >= 0.6 is 11.3 Å². The van der Waals surface area contributed by atoms with Gasteiger partial charge < -0.3 is 4.74 Å². The van der Waals surface area contributed by atoms with E-state index in [4.69, 9.17) is 4.74 Å². The highest BCUT2D eigenvalue weighted by atomic mass is 32.1. The van der Waals surface area contributed by atoms with Gasteiger partial charge in [0.15, 0.2) is 0 Å². The van der Waals surface area contributed by atoms with Crippen LogP contribution in [-0.4, -0.2) is 26.6 Å². The Bertz CT molecular complexity index is 906. The first-order chi connectivity index (χ1) is 11.7. The first-order valence-electron chi connectivity index (χ1n) is 8.11. The van der Waals surface area contributed by atoms with Crippen molar-refractivity contribution in [2.24, 2.45) is 0 Å². The van der Waals surface area contributed by atoms with Gasteiger partial charge in [-0.1, -0.05) is 18.2 Å². The number of aromatic nitrogens is 3. The number of allylic oxidation sites excluding steroid dienone is 2. The molecule has 122 valence electrons. The topological polar surface area (TPSA) is 39.4 Å². The molecule has 3 heterocycles. The number of ether oxygens (including phenoxy) is 1. The number of thiazole rings is 1. The lowest BCUT2D eigenvalue weighted by Crippen LogP contribution is -2.16. The van der Waals surface area contributed by atoms with Crippen molar-refractivity contribution in [1.82, 2.24) is 14.4 Å². The number of rotatable bonds is 4. The van der Waals surface area contributed by atoms with Crippen LogP contribution in [-0.2, 0) is 4.74 Å². The van der Waals surface area contributed by atoms with Crippen LogP contribution in [0.3, 0.4) is 0 Å². The molecule has 0 fully saturated rings. The highest BCUT2D eigenvalue weighted by Crippen LogP contribution is 2.27. The van der Waals surface area contributed by atoms with Gasteiger partial charge in [-0.05, 0) is 43.5 Å². The summed E-state index contributed by atoms with van der Waals surface area (Å²) in [6, 6.07) is 4.27. The van der Waals surface area contributed by atoms with Gasteiger partial charge >= 0.3 is 0 Å². The Morgan fingerprint density at radius 3 is 2.96 bits per heavy atom. The maximum absolute atomic E-state index is 5.84. The molecular weight excluding hydrogens is 318 g/mol. The largest absolute Gasteiger partial charge is 0.371 e. The fraction of sp³-hybridized carbons (Fsp3) is 0.263. The first-order valence-corrected chi connectivity index (χ1v) is 8.99. The summed E-state index contributed by atoms with van der Waals surface area (Å²) in [4.78, 5) is 9.83. The van der Waals surface area contributed by atoms with E-state index in [2.05, 4.69) is 64.8 Å². The third kappa shape index (κ3) is 2.92. The van der Waals surface area contributed by atoms with Crippen molar-refractivity contribution in [2.45, 2.75) is 32.5 Å². The standard InChI is InChI=1S/C19H19N3OS/c1-13(2)23-16-5-3-14(4-6-16)15-7-8-22-17(10-21-19(22)9-15)18-11-20-12-24-18/h3-5,7-13,16H,6H2,1-2H3. The zero-order valence-electron chi connectivity index (χ0n) is 13.7. The molecule has 4 rings (SSSR count). The molecule has 0 saturated carbocycles. The Morgan fingerprint density at radius 1 is 1.33 bits per heavy atom. The Balaban J connectivity index is 1.61. The molecule has 0 radical (unpaired) electrons. The zero-order chi connectivity index (χ0) is 16.5. The van der Waals surface area contributed by atoms with Gasteiger partial charge in [0, 0.05) is 12.4 Å². The number of nitrogens with zero attached hydrogens (tertiary/aromatic N) is 3. The summed E-state index contributed by atoms with van der Waals surface area (Å²) in [5, 5.41) is 0. The number of imidazole rings is 1. The molecule has 1 aliphatic carbocycles. The van der Waals surface area contributed by atoms with Gasteiger partial charge in [0.1, 0.15) is 5.65 Å². The minimum atomic E-state index is 0.182. The van der Waals surface area contributed by atoms with Crippen molar-refractivity contribution in [2.75, 3.05) is 0 Å². The van der Waals surface area contributed by atoms with Gasteiger partial charge in [-0.3, -0.25) is 9.38 Å². The van der Waals surface area contributed by atoms with Gasteiger partial charge in [0.25, 0.3) is 0 Å². The van der Waals surface area contributed by atoms with Crippen LogP contribution in [0, 0.1) is 0 Å². The lowest BCUT2D eigenvalue weighted by Gasteiger charge is -2.19. The number of fused-ring (bicyclic) bond motifs is 1. The summed E-state index contributed by atoms with van der Waals surface area (Å²) in [6.45, 7) is 4.14. The second-order valence-electron chi connectivity index (χ2n) is 6.13. The maximum atomic E-state index is 5.84. The average molecular weight is 337 g/mol. The number of hydrogen-bond acceptors (Lipinski definition) is 4. The van der Waals surface area contributed by atoms with Crippen LogP contribution in [0.15, 0.2) is 54.5 Å². The number of pyridine rings is 1. The van der Waals surface area contributed by atoms with Gasteiger partial charge in [0.2, 0.25) is 0 Å². The first kappa shape index (κ1) is 15.3. The molecule has 3 aromatic rings. The molecule has 1 aliphatic rings. The van der Waals surface area contributed by atoms with Crippen LogP contribution < -0.4 is 0 Å². The molecule has 4 nitrogen and oxygen atoms in total. The fourth-order valence-corrected chi connectivity index (χ4v) is 3.58. The lowest BCUT2D eigenvalue weighted by atomic mass is 9.99. The van der Waals surface area contributed by atoms with Crippen LogP contribution in [0.5, 0.6) is 0 Å². The molecule has 0 aliphatic heterocycles. The second-order valence-corrected chi connectivity index (χ2v) is 7.02. The van der Waals surface area contributed by atoms with Crippen molar-refractivity contribution in [1.29, 1.82) is 0 Å². The minimum absolute atomic E-state index is 0.182. The minimum Gasteiger partial charge on any atom is -0.371 e. The van der Waals surface area contributed by atoms with Crippen LogP contribution in [0.4, 0.5) is 0 Å². The van der Waals surface area contributed by atoms with Crippen molar-refractivity contribution < 1.29 is 4.74 Å². The number of hydrogen-bond donors (Lipinski definition) is 0. The van der Waals surface area contributed by atoms with Gasteiger partial charge in [-0.15, -0.1) is 11.3 Å². The predicted octanol–water partition coefficient (Wildman–Crippen LogP) is 4.59. The van der Waals surface area contributed by atoms with E-state index in [-0.39, 0.29) is 12.2 Å². The third-order valence-corrected chi connectivity index (χ3v) is 4.83. The van der Waals surface area contributed by atoms with Crippen molar-refractivity contribution in [3.63, 3.8) is 0 Å². The SMILES string of the molecule is CC(C)OC1C=CC(c2ccn3c(-c4cncs4)cnc3c2)=CC1. The Hall–Kier alpha value is -2.24. The normalized spacial score (nSPS) is 17.6. The van der Waals surface area contributed by atoms with E-state index < -0.39 is 0 Å². The molecule has 1 unspecified atom stereocenters. The fourth-order valence-electron chi connectivity index (χ4n) is 2.95. The van der Waals surface area contributed by atoms with E-state index in [0.717, 1.165) is 22.6 Å². The predicted molar refractivity (Wildman–Crippen MR) is 98.0 cm³/mol. The highest BCUT2D eigenvalue weighted by molar-refractivity contribution is 7.13. The van der Waals surface area contributed by atoms with E-state index in [1.807, 2.05) is 17.9 Å². The Morgan fingerprint density at radius 2 is 2.25 bits per heavy atom. The average Bonchev–Trinajstić information content (AvgIpc) is 3.23. The maximum Gasteiger partial charge on any atom is 0.137 e. The van der Waals surface area contributed by atoms with E-state index in [1.54, 1.807) is 11.3 Å². The summed E-state index contributed by atoms with van der Waals surface area (Å²) in [5.41, 5.74) is 6.28. The van der Waals surface area contributed by atoms with Crippen LogP contribution in [0.1, 0.15) is 25.8 Å². The van der Waals surface area contributed by atoms with Gasteiger partial charge in [0.05, 0.1) is 34.5 Å². The summed E-state index contributed by atoms with van der Waals surface area (Å²) < 4.78 is 7.94. The molecule has 0 amide bonds. The molecule has 0 spiro atoms. The molecular formula is C19H19N3OS. The molecule has 3 aromatic heterocycles. The molecule has 0 saturated heterocycles. The van der Waals surface area contributed by atoms with Gasteiger partial charge in [-0.2, -0.15) is 0 Å². The smallest absolute Gasteiger partial charge is 0.137 e. The summed E-state index contributed by atoms with van der Waals surface area (Å²) in [6.07, 6.45) is 13.7. The molecule has 24 heavy (non-hydrogen) atoms. The highest BCUT2D eigenvalue weighted by Gasteiger charge is 2.13. The van der Waals surface area contributed by atoms with Crippen LogP contribution in [0.25, 0.3) is 21.8 Å². The summed E-state index contributed by atoms with van der Waals surface area (Å²) in [7, 11) is 0. The van der Waals surface area contributed by atoms with Gasteiger partial charge in [-0.25, -0.2) is 4.98 Å². The van der Waals surface area contributed by atoms with Crippen molar-refractivity contribution >= 4 is 22.6 Å². The van der Waals surface area contributed by atoms with E-state index in [1.165, 1.54) is 11.1 Å². The molecule has 0 aromatic carbocycles. The van der Waals surface area contributed by atoms with Crippen LogP contribution in [0.2, 0.25) is 0 Å².